The first-order valence-corrected chi connectivity index (χ1v) is 7.22. The van der Waals surface area contributed by atoms with Gasteiger partial charge in [0.05, 0.1) is 11.2 Å². The summed E-state index contributed by atoms with van der Waals surface area (Å²) in [7, 11) is 0. The van der Waals surface area contributed by atoms with E-state index in [1.165, 1.54) is 0 Å². The van der Waals surface area contributed by atoms with Crippen molar-refractivity contribution >= 4 is 0 Å². The Kier molecular flexibility index (Phi) is 8.08. The molecule has 0 rings (SSSR count). The van der Waals surface area contributed by atoms with Crippen molar-refractivity contribution in [3.05, 3.63) is 0 Å². The maximum atomic E-state index is 10.2. The predicted molar refractivity (Wildman–Crippen MR) is 75.5 cm³/mol. The van der Waals surface area contributed by atoms with Crippen molar-refractivity contribution in [1.29, 1.82) is 0 Å². The fraction of sp³-hybridized carbons (Fsp3) is 1.00. The zero-order chi connectivity index (χ0) is 14.2. The van der Waals surface area contributed by atoms with Crippen LogP contribution in [0.2, 0.25) is 0 Å². The smallest absolute Gasteiger partial charge is 0.0619 e. The first-order valence-electron chi connectivity index (χ1n) is 7.22. The van der Waals surface area contributed by atoms with Gasteiger partial charge in [-0.25, -0.2) is 0 Å². The van der Waals surface area contributed by atoms with Crippen molar-refractivity contribution in [2.45, 2.75) is 83.8 Å². The Balaban J connectivity index is 3.73. The van der Waals surface area contributed by atoms with Crippen molar-refractivity contribution in [2.75, 3.05) is 6.61 Å². The molecule has 0 amide bonds. The molecule has 18 heavy (non-hydrogen) atoms. The molecule has 2 atom stereocenters. The monoisotopic (exact) mass is 260 g/mol. The van der Waals surface area contributed by atoms with Gasteiger partial charge in [-0.15, -0.1) is 0 Å². The molecular weight excluding hydrogens is 228 g/mol. The third-order valence-corrected chi connectivity index (χ3v) is 3.54. The highest BCUT2D eigenvalue weighted by molar-refractivity contribution is 4.75. The van der Waals surface area contributed by atoms with Crippen LogP contribution < -0.4 is 0 Å². The van der Waals surface area contributed by atoms with Crippen molar-refractivity contribution in [3.63, 3.8) is 0 Å². The van der Waals surface area contributed by atoms with E-state index in [0.29, 0.717) is 5.92 Å². The molecule has 3 heteroatoms. The van der Waals surface area contributed by atoms with E-state index in [9.17, 15) is 10.2 Å². The Bertz CT molecular complexity index is 206. The van der Waals surface area contributed by atoms with Crippen molar-refractivity contribution in [2.24, 2.45) is 5.92 Å². The Hall–Kier alpha value is -0.120. The second-order valence-corrected chi connectivity index (χ2v) is 6.67. The van der Waals surface area contributed by atoms with E-state index >= 15 is 0 Å². The second-order valence-electron chi connectivity index (χ2n) is 6.67. The van der Waals surface area contributed by atoms with Gasteiger partial charge < -0.3 is 15.3 Å². The van der Waals surface area contributed by atoms with Crippen molar-refractivity contribution in [1.82, 2.24) is 0 Å². The van der Waals surface area contributed by atoms with Crippen LogP contribution in [0.3, 0.4) is 0 Å². The molecule has 0 spiro atoms. The van der Waals surface area contributed by atoms with Gasteiger partial charge in [0.15, 0.2) is 0 Å². The summed E-state index contributed by atoms with van der Waals surface area (Å²) >= 11 is 0. The molecule has 0 radical (unpaired) electrons. The molecule has 0 aliphatic heterocycles. The fourth-order valence-electron chi connectivity index (χ4n) is 2.22. The van der Waals surface area contributed by atoms with Gasteiger partial charge in [-0.3, -0.25) is 0 Å². The summed E-state index contributed by atoms with van der Waals surface area (Å²) in [5, 5.41) is 28.7. The summed E-state index contributed by atoms with van der Waals surface area (Å²) < 4.78 is 0. The molecule has 0 saturated carbocycles. The number of aliphatic hydroxyl groups is 3. The van der Waals surface area contributed by atoms with E-state index in [1.807, 2.05) is 6.92 Å². The highest BCUT2D eigenvalue weighted by Crippen LogP contribution is 2.24. The Morgan fingerprint density at radius 1 is 0.889 bits per heavy atom. The molecule has 0 aliphatic rings. The van der Waals surface area contributed by atoms with Crippen LogP contribution >= 0.6 is 0 Å². The molecule has 0 aromatic heterocycles. The molecule has 3 N–H and O–H groups in total. The Labute approximate surface area is 112 Å². The summed E-state index contributed by atoms with van der Waals surface area (Å²) in [5.41, 5.74) is -1.25. The highest BCUT2D eigenvalue weighted by atomic mass is 16.3. The molecule has 0 fully saturated rings. The van der Waals surface area contributed by atoms with Crippen molar-refractivity contribution < 1.29 is 15.3 Å². The maximum absolute atomic E-state index is 10.2. The van der Waals surface area contributed by atoms with Crippen LogP contribution in [0.5, 0.6) is 0 Å². The normalized spacial score (nSPS) is 17.5. The topological polar surface area (TPSA) is 60.7 Å². The van der Waals surface area contributed by atoms with E-state index in [1.54, 1.807) is 13.8 Å². The predicted octanol–water partition coefficient (Wildman–Crippen LogP) is 2.87. The van der Waals surface area contributed by atoms with E-state index in [0.717, 1.165) is 44.9 Å². The fourth-order valence-corrected chi connectivity index (χ4v) is 2.22. The SMILES string of the molecule is C[C@H](CCO)CCC[C@](C)(O)CCCC(C)(C)O. The van der Waals surface area contributed by atoms with Crippen LogP contribution in [-0.2, 0) is 0 Å². The zero-order valence-electron chi connectivity index (χ0n) is 12.6. The summed E-state index contributed by atoms with van der Waals surface area (Å²) in [5.74, 6) is 0.530. The summed E-state index contributed by atoms with van der Waals surface area (Å²) in [6.45, 7) is 7.88. The average Bonchev–Trinajstić information content (AvgIpc) is 2.14. The van der Waals surface area contributed by atoms with Crippen LogP contribution in [0.1, 0.15) is 72.6 Å². The third kappa shape index (κ3) is 11.0. The lowest BCUT2D eigenvalue weighted by molar-refractivity contribution is 0.0214. The lowest BCUT2D eigenvalue weighted by Gasteiger charge is -2.25. The van der Waals surface area contributed by atoms with E-state index < -0.39 is 11.2 Å². The molecule has 0 bridgehead atoms. The van der Waals surface area contributed by atoms with Gasteiger partial charge in [0.1, 0.15) is 0 Å². The van der Waals surface area contributed by atoms with E-state index in [4.69, 9.17) is 5.11 Å². The number of hydrogen-bond donors (Lipinski definition) is 3. The van der Waals surface area contributed by atoms with Gasteiger partial charge in [-0.1, -0.05) is 19.8 Å². The van der Waals surface area contributed by atoms with E-state index in [2.05, 4.69) is 6.92 Å². The third-order valence-electron chi connectivity index (χ3n) is 3.54. The minimum atomic E-state index is -0.633. The minimum Gasteiger partial charge on any atom is -0.396 e. The molecule has 0 aromatic rings. The molecule has 0 aromatic carbocycles. The molecule has 0 saturated heterocycles. The number of aliphatic hydroxyl groups excluding tert-OH is 1. The first-order chi connectivity index (χ1) is 8.16. The van der Waals surface area contributed by atoms with Crippen molar-refractivity contribution in [3.8, 4) is 0 Å². The highest BCUT2D eigenvalue weighted by Gasteiger charge is 2.21. The van der Waals surface area contributed by atoms with Crippen LogP contribution in [0, 0.1) is 5.92 Å². The molecular formula is C15H32O3. The quantitative estimate of drug-likeness (QED) is 0.566. The van der Waals surface area contributed by atoms with Gasteiger partial charge in [0.2, 0.25) is 0 Å². The van der Waals surface area contributed by atoms with E-state index in [-0.39, 0.29) is 6.61 Å². The first kappa shape index (κ1) is 17.9. The lowest BCUT2D eigenvalue weighted by Crippen LogP contribution is -2.26. The Morgan fingerprint density at radius 2 is 1.44 bits per heavy atom. The minimum absolute atomic E-state index is 0.253. The Morgan fingerprint density at radius 3 is 1.94 bits per heavy atom. The molecule has 110 valence electrons. The molecule has 3 nitrogen and oxygen atoms in total. The van der Waals surface area contributed by atoms with Crippen LogP contribution in [0.4, 0.5) is 0 Å². The number of hydrogen-bond acceptors (Lipinski definition) is 3. The standard InChI is InChI=1S/C15H32O3/c1-13(8-12-16)7-5-10-15(4,18)11-6-9-14(2,3)17/h13,16-18H,5-12H2,1-4H3/t13-,15-/m0/s1. The van der Waals surface area contributed by atoms with Gasteiger partial charge in [0.25, 0.3) is 0 Å². The summed E-state index contributed by atoms with van der Waals surface area (Å²) in [4.78, 5) is 0. The largest absolute Gasteiger partial charge is 0.396 e. The molecule has 0 unspecified atom stereocenters. The van der Waals surface area contributed by atoms with Crippen LogP contribution in [-0.4, -0.2) is 33.1 Å². The van der Waals surface area contributed by atoms with Gasteiger partial charge >= 0.3 is 0 Å². The average molecular weight is 260 g/mol. The zero-order valence-corrected chi connectivity index (χ0v) is 12.6. The summed E-state index contributed by atoms with van der Waals surface area (Å²) in [6, 6.07) is 0. The molecule has 0 aliphatic carbocycles. The van der Waals surface area contributed by atoms with Gasteiger partial charge in [-0.05, 0) is 58.8 Å². The molecule has 0 heterocycles. The maximum Gasteiger partial charge on any atom is 0.0619 e. The van der Waals surface area contributed by atoms with Gasteiger partial charge in [0, 0.05) is 6.61 Å². The van der Waals surface area contributed by atoms with Gasteiger partial charge in [-0.2, -0.15) is 0 Å². The lowest BCUT2D eigenvalue weighted by atomic mass is 9.88. The summed E-state index contributed by atoms with van der Waals surface area (Å²) in [6.07, 6.45) is 6.02. The van der Waals surface area contributed by atoms with Crippen LogP contribution in [0.25, 0.3) is 0 Å². The number of rotatable bonds is 10. The van der Waals surface area contributed by atoms with Crippen LogP contribution in [0.15, 0.2) is 0 Å². The second kappa shape index (κ2) is 8.13.